The number of aliphatic hydroxyl groups is 1. The van der Waals surface area contributed by atoms with Crippen molar-refractivity contribution in [2.75, 3.05) is 26.4 Å². The number of nitrogens with zero attached hydrogens (tertiary/aromatic N) is 1. The number of hydrogen-bond acceptors (Lipinski definition) is 5. The maximum Gasteiger partial charge on any atom is 0.107 e. The van der Waals surface area contributed by atoms with Crippen molar-refractivity contribution in [2.24, 2.45) is 0 Å². The number of nitrogens with one attached hydrogen (secondary N) is 1. The van der Waals surface area contributed by atoms with Crippen LogP contribution in [0.2, 0.25) is 0 Å². The average Bonchev–Trinajstić information content (AvgIpc) is 2.71. The Morgan fingerprint density at radius 2 is 2.18 bits per heavy atom. The summed E-state index contributed by atoms with van der Waals surface area (Å²) in [5.74, 6) is 0. The lowest BCUT2D eigenvalue weighted by Crippen LogP contribution is -2.20. The number of hydrogen-bond donors (Lipinski definition) is 2. The Kier molecular flexibility index (Phi) is 6.05. The van der Waals surface area contributed by atoms with Crippen LogP contribution in [-0.2, 0) is 16.7 Å². The predicted molar refractivity (Wildman–Crippen MR) is 70.4 cm³/mol. The normalized spacial score (nSPS) is 12.0. The van der Waals surface area contributed by atoms with E-state index in [9.17, 15) is 0 Å². The molecule has 0 spiro atoms. The molecule has 5 heteroatoms. The zero-order chi connectivity index (χ0) is 12.7. The highest BCUT2D eigenvalue weighted by Crippen LogP contribution is 2.23. The maximum atomic E-state index is 8.53. The van der Waals surface area contributed by atoms with Gasteiger partial charge in [-0.1, -0.05) is 20.8 Å². The molecule has 98 valence electrons. The van der Waals surface area contributed by atoms with E-state index >= 15 is 0 Å². The molecular formula is C12H22N2O2S. The zero-order valence-corrected chi connectivity index (χ0v) is 11.6. The molecule has 0 aromatic carbocycles. The summed E-state index contributed by atoms with van der Waals surface area (Å²) in [6, 6.07) is 0. The number of ether oxygens (including phenoxy) is 1. The summed E-state index contributed by atoms with van der Waals surface area (Å²) in [5, 5.41) is 15.0. The van der Waals surface area contributed by atoms with Gasteiger partial charge in [-0.3, -0.25) is 0 Å². The van der Waals surface area contributed by atoms with Crippen molar-refractivity contribution in [3.63, 3.8) is 0 Å². The van der Waals surface area contributed by atoms with E-state index in [1.807, 2.05) is 0 Å². The van der Waals surface area contributed by atoms with Crippen molar-refractivity contribution >= 4 is 11.3 Å². The van der Waals surface area contributed by atoms with Crippen molar-refractivity contribution in [1.29, 1.82) is 0 Å². The van der Waals surface area contributed by atoms with Gasteiger partial charge in [0.1, 0.15) is 5.01 Å². The molecule has 0 unspecified atom stereocenters. The van der Waals surface area contributed by atoms with Crippen LogP contribution in [-0.4, -0.2) is 36.5 Å². The van der Waals surface area contributed by atoms with Crippen LogP contribution in [0.3, 0.4) is 0 Å². The predicted octanol–water partition coefficient (Wildman–Crippen LogP) is 1.54. The van der Waals surface area contributed by atoms with E-state index in [4.69, 9.17) is 9.84 Å². The van der Waals surface area contributed by atoms with Gasteiger partial charge in [-0.15, -0.1) is 11.3 Å². The van der Waals surface area contributed by atoms with E-state index < -0.39 is 0 Å². The van der Waals surface area contributed by atoms with E-state index in [0.29, 0.717) is 13.2 Å². The van der Waals surface area contributed by atoms with Gasteiger partial charge in [0.2, 0.25) is 0 Å². The topological polar surface area (TPSA) is 54.4 Å². The number of aliphatic hydroxyl groups excluding tert-OH is 1. The van der Waals surface area contributed by atoms with Gasteiger partial charge in [0.25, 0.3) is 0 Å². The number of aromatic nitrogens is 1. The Labute approximate surface area is 107 Å². The fourth-order valence-electron chi connectivity index (χ4n) is 1.24. The molecule has 0 aliphatic carbocycles. The maximum absolute atomic E-state index is 8.53. The molecule has 0 fully saturated rings. The molecule has 0 atom stereocenters. The molecule has 0 aliphatic rings. The second-order valence-electron chi connectivity index (χ2n) is 4.89. The van der Waals surface area contributed by atoms with Crippen molar-refractivity contribution in [2.45, 2.75) is 32.7 Å². The van der Waals surface area contributed by atoms with Crippen molar-refractivity contribution in [3.8, 4) is 0 Å². The van der Waals surface area contributed by atoms with E-state index in [0.717, 1.165) is 23.8 Å². The fraction of sp³-hybridized carbons (Fsp3) is 0.750. The molecule has 0 saturated heterocycles. The minimum Gasteiger partial charge on any atom is -0.394 e. The number of rotatable bonds is 7. The molecule has 2 N–H and O–H groups in total. The summed E-state index contributed by atoms with van der Waals surface area (Å²) < 4.78 is 5.15. The summed E-state index contributed by atoms with van der Waals surface area (Å²) in [6.45, 7) is 9.19. The minimum absolute atomic E-state index is 0.0847. The summed E-state index contributed by atoms with van der Waals surface area (Å²) in [7, 11) is 0. The first-order valence-electron chi connectivity index (χ1n) is 5.88. The standard InChI is InChI=1S/C12H22N2O2S/c1-12(2,3)10-9-17-11(14-10)8-13-4-6-16-7-5-15/h9,13,15H,4-8H2,1-3H3. The second kappa shape index (κ2) is 7.06. The molecule has 17 heavy (non-hydrogen) atoms. The Bertz CT molecular complexity index is 321. The van der Waals surface area contributed by atoms with Crippen molar-refractivity contribution in [1.82, 2.24) is 10.3 Å². The minimum atomic E-state index is 0.0847. The quantitative estimate of drug-likeness (QED) is 0.728. The highest BCUT2D eigenvalue weighted by Gasteiger charge is 2.16. The highest BCUT2D eigenvalue weighted by molar-refractivity contribution is 7.09. The van der Waals surface area contributed by atoms with Crippen LogP contribution < -0.4 is 5.32 Å². The lowest BCUT2D eigenvalue weighted by Gasteiger charge is -2.14. The molecule has 1 heterocycles. The molecule has 0 amide bonds. The molecule has 0 radical (unpaired) electrons. The van der Waals surface area contributed by atoms with Crippen LogP contribution in [0.1, 0.15) is 31.5 Å². The third kappa shape index (κ3) is 5.59. The van der Waals surface area contributed by atoms with Crippen LogP contribution in [0.25, 0.3) is 0 Å². The van der Waals surface area contributed by atoms with Crippen LogP contribution in [0.15, 0.2) is 5.38 Å². The summed E-state index contributed by atoms with van der Waals surface area (Å²) >= 11 is 1.69. The van der Waals surface area contributed by atoms with Gasteiger partial charge < -0.3 is 15.2 Å². The summed E-state index contributed by atoms with van der Waals surface area (Å²) in [6.07, 6.45) is 0. The van der Waals surface area contributed by atoms with Gasteiger partial charge in [0.15, 0.2) is 0 Å². The Balaban J connectivity index is 2.21. The second-order valence-corrected chi connectivity index (χ2v) is 5.83. The summed E-state index contributed by atoms with van der Waals surface area (Å²) in [4.78, 5) is 4.59. The monoisotopic (exact) mass is 258 g/mol. The van der Waals surface area contributed by atoms with E-state index in [1.165, 1.54) is 0 Å². The lowest BCUT2D eigenvalue weighted by molar-refractivity contribution is 0.0938. The fourth-order valence-corrected chi connectivity index (χ4v) is 2.23. The molecule has 1 aromatic heterocycles. The molecule has 1 aromatic rings. The Morgan fingerprint density at radius 3 is 2.76 bits per heavy atom. The third-order valence-corrected chi connectivity index (χ3v) is 3.10. The molecule has 0 saturated carbocycles. The first-order valence-corrected chi connectivity index (χ1v) is 6.76. The Hall–Kier alpha value is -0.490. The van der Waals surface area contributed by atoms with Crippen molar-refractivity contribution in [3.05, 3.63) is 16.1 Å². The SMILES string of the molecule is CC(C)(C)c1csc(CNCCOCCO)n1. The molecule has 0 aliphatic heterocycles. The van der Waals surface area contributed by atoms with Crippen molar-refractivity contribution < 1.29 is 9.84 Å². The molecule has 1 rings (SSSR count). The van der Waals surface area contributed by atoms with Gasteiger partial charge in [-0.2, -0.15) is 0 Å². The van der Waals surface area contributed by atoms with Gasteiger partial charge in [0.05, 0.1) is 25.5 Å². The molecule has 4 nitrogen and oxygen atoms in total. The van der Waals surface area contributed by atoms with Gasteiger partial charge >= 0.3 is 0 Å². The third-order valence-electron chi connectivity index (χ3n) is 2.26. The van der Waals surface area contributed by atoms with E-state index in [2.05, 4.69) is 36.5 Å². The van der Waals surface area contributed by atoms with E-state index in [1.54, 1.807) is 11.3 Å². The van der Waals surface area contributed by atoms with Crippen LogP contribution in [0.4, 0.5) is 0 Å². The average molecular weight is 258 g/mol. The first kappa shape index (κ1) is 14.6. The first-order chi connectivity index (χ1) is 8.04. The van der Waals surface area contributed by atoms with Crippen LogP contribution in [0.5, 0.6) is 0 Å². The summed E-state index contributed by atoms with van der Waals surface area (Å²) in [5.41, 5.74) is 1.27. The van der Waals surface area contributed by atoms with Gasteiger partial charge in [-0.25, -0.2) is 4.98 Å². The van der Waals surface area contributed by atoms with Gasteiger partial charge in [0, 0.05) is 23.9 Å². The van der Waals surface area contributed by atoms with E-state index in [-0.39, 0.29) is 12.0 Å². The molecular weight excluding hydrogens is 236 g/mol. The van der Waals surface area contributed by atoms with Crippen LogP contribution >= 0.6 is 11.3 Å². The zero-order valence-electron chi connectivity index (χ0n) is 10.8. The Morgan fingerprint density at radius 1 is 1.41 bits per heavy atom. The highest BCUT2D eigenvalue weighted by atomic mass is 32.1. The molecule has 0 bridgehead atoms. The lowest BCUT2D eigenvalue weighted by atomic mass is 9.93. The smallest absolute Gasteiger partial charge is 0.107 e. The van der Waals surface area contributed by atoms with Crippen LogP contribution in [0, 0.1) is 0 Å². The number of thiazole rings is 1. The van der Waals surface area contributed by atoms with Gasteiger partial charge in [-0.05, 0) is 0 Å². The largest absolute Gasteiger partial charge is 0.394 e.